The van der Waals surface area contributed by atoms with E-state index in [1.807, 2.05) is 22.6 Å². The zero-order valence-corrected chi connectivity index (χ0v) is 11.9. The van der Waals surface area contributed by atoms with E-state index in [0.717, 1.165) is 12.8 Å². The zero-order chi connectivity index (χ0) is 12.8. The van der Waals surface area contributed by atoms with Crippen LogP contribution >= 0.6 is 22.6 Å². The van der Waals surface area contributed by atoms with Crippen molar-refractivity contribution in [2.75, 3.05) is 13.2 Å². The fraction of sp³-hybridized carbons (Fsp3) is 0.636. The summed E-state index contributed by atoms with van der Waals surface area (Å²) in [6.45, 7) is 2.22. The smallest absolute Gasteiger partial charge is 0.357 e. The molecular weight excluding hydrogens is 335 g/mol. The minimum Gasteiger partial charge on any atom is -0.461 e. The lowest BCUT2D eigenvalue weighted by Crippen LogP contribution is -2.40. The number of rotatable bonds is 6. The van der Waals surface area contributed by atoms with Gasteiger partial charge >= 0.3 is 5.97 Å². The lowest BCUT2D eigenvalue weighted by atomic mass is 9.81. The monoisotopic (exact) mass is 352 g/mol. The van der Waals surface area contributed by atoms with Crippen molar-refractivity contribution >= 4 is 34.3 Å². The van der Waals surface area contributed by atoms with Crippen molar-refractivity contribution in [1.29, 1.82) is 5.41 Å². The number of aliphatic hydroxyl groups is 1. The van der Waals surface area contributed by atoms with Crippen LogP contribution in [-0.2, 0) is 9.53 Å². The maximum Gasteiger partial charge on any atom is 0.357 e. The molecule has 3 N–H and O–H groups in total. The minimum absolute atomic E-state index is 0.127. The maximum atomic E-state index is 11.3. The van der Waals surface area contributed by atoms with Crippen LogP contribution in [0, 0.1) is 11.3 Å². The summed E-state index contributed by atoms with van der Waals surface area (Å²) < 4.78 is 5.27. The SMILES string of the molecule is CCOC(=O)C(=N)/C(I)=C\NC1CC(CO)C1. The van der Waals surface area contributed by atoms with E-state index < -0.39 is 5.97 Å². The van der Waals surface area contributed by atoms with Crippen LogP contribution in [0.4, 0.5) is 0 Å². The van der Waals surface area contributed by atoms with Gasteiger partial charge in [-0.1, -0.05) is 0 Å². The third kappa shape index (κ3) is 4.27. The van der Waals surface area contributed by atoms with Crippen LogP contribution in [0.1, 0.15) is 19.8 Å². The third-order valence-electron chi connectivity index (χ3n) is 2.66. The molecule has 6 heteroatoms. The van der Waals surface area contributed by atoms with Gasteiger partial charge in [0, 0.05) is 18.8 Å². The molecule has 0 bridgehead atoms. The summed E-state index contributed by atoms with van der Waals surface area (Å²) in [7, 11) is 0. The van der Waals surface area contributed by atoms with Gasteiger partial charge in [0.2, 0.25) is 0 Å². The van der Waals surface area contributed by atoms with E-state index in [-0.39, 0.29) is 18.9 Å². The molecule has 0 heterocycles. The van der Waals surface area contributed by atoms with E-state index in [1.165, 1.54) is 0 Å². The molecule has 1 saturated carbocycles. The van der Waals surface area contributed by atoms with Crippen LogP contribution in [-0.4, -0.2) is 36.0 Å². The van der Waals surface area contributed by atoms with E-state index in [1.54, 1.807) is 13.1 Å². The lowest BCUT2D eigenvalue weighted by molar-refractivity contribution is -0.135. The minimum atomic E-state index is -0.600. The summed E-state index contributed by atoms with van der Waals surface area (Å²) in [6, 6.07) is 0.340. The van der Waals surface area contributed by atoms with Crippen molar-refractivity contribution in [3.05, 3.63) is 9.78 Å². The van der Waals surface area contributed by atoms with Crippen LogP contribution in [0.15, 0.2) is 9.78 Å². The number of nitrogens with one attached hydrogen (secondary N) is 2. The van der Waals surface area contributed by atoms with Crippen LogP contribution in [0.5, 0.6) is 0 Å². The van der Waals surface area contributed by atoms with Crippen LogP contribution < -0.4 is 5.32 Å². The quantitative estimate of drug-likeness (QED) is 0.381. The van der Waals surface area contributed by atoms with Crippen molar-refractivity contribution < 1.29 is 14.6 Å². The maximum absolute atomic E-state index is 11.3. The van der Waals surface area contributed by atoms with Gasteiger partial charge in [0.1, 0.15) is 0 Å². The average molecular weight is 352 g/mol. The molecule has 0 amide bonds. The van der Waals surface area contributed by atoms with Gasteiger partial charge in [-0.2, -0.15) is 0 Å². The molecule has 5 nitrogen and oxygen atoms in total. The molecule has 0 aromatic heterocycles. The van der Waals surface area contributed by atoms with Gasteiger partial charge in [-0.15, -0.1) is 0 Å². The molecule has 1 aliphatic carbocycles. The second-order valence-corrected chi connectivity index (χ2v) is 5.13. The van der Waals surface area contributed by atoms with E-state index in [2.05, 4.69) is 5.32 Å². The van der Waals surface area contributed by atoms with Crippen LogP contribution in [0.2, 0.25) is 0 Å². The Kier molecular flexibility index (Phi) is 5.90. The first-order chi connectivity index (χ1) is 8.08. The molecule has 1 fully saturated rings. The van der Waals surface area contributed by atoms with Crippen molar-refractivity contribution in [2.45, 2.75) is 25.8 Å². The summed E-state index contributed by atoms with van der Waals surface area (Å²) >= 11 is 1.93. The molecule has 0 aromatic carbocycles. The van der Waals surface area contributed by atoms with Gasteiger partial charge in [-0.25, -0.2) is 4.79 Å². The Hall–Kier alpha value is -0.630. The summed E-state index contributed by atoms with van der Waals surface area (Å²) in [5.74, 6) is -0.208. The van der Waals surface area contributed by atoms with E-state index >= 15 is 0 Å². The number of hydrogen-bond acceptors (Lipinski definition) is 5. The van der Waals surface area contributed by atoms with E-state index in [9.17, 15) is 4.79 Å². The highest BCUT2D eigenvalue weighted by Crippen LogP contribution is 2.26. The van der Waals surface area contributed by atoms with Crippen molar-refractivity contribution in [3.8, 4) is 0 Å². The molecule has 1 aliphatic rings. The molecule has 0 radical (unpaired) electrons. The molecule has 17 heavy (non-hydrogen) atoms. The Bertz CT molecular complexity index is 325. The zero-order valence-electron chi connectivity index (χ0n) is 9.70. The fourth-order valence-electron chi connectivity index (χ4n) is 1.58. The van der Waals surface area contributed by atoms with Gasteiger partial charge in [0.05, 0.1) is 10.2 Å². The van der Waals surface area contributed by atoms with Crippen molar-refractivity contribution in [1.82, 2.24) is 5.32 Å². The molecule has 0 atom stereocenters. The second-order valence-electron chi connectivity index (χ2n) is 3.97. The standard InChI is InChI=1S/C11H17IN2O3/c1-2-17-11(16)10(13)9(12)5-14-8-3-7(4-8)6-15/h5,7-8,13-15H,2-4,6H2,1H3/b9-5+,13-10?. The first kappa shape index (κ1) is 14.4. The number of hydrogen-bond donors (Lipinski definition) is 3. The predicted molar refractivity (Wildman–Crippen MR) is 73.2 cm³/mol. The van der Waals surface area contributed by atoms with Crippen LogP contribution in [0.3, 0.4) is 0 Å². The van der Waals surface area contributed by atoms with Gasteiger partial charge in [0.15, 0.2) is 5.71 Å². The molecule has 1 rings (SSSR count). The molecule has 0 aliphatic heterocycles. The molecular formula is C11H17IN2O3. The van der Waals surface area contributed by atoms with Gasteiger partial charge in [0.25, 0.3) is 0 Å². The highest BCUT2D eigenvalue weighted by atomic mass is 127. The number of carbonyl (C=O) groups is 1. The Balaban J connectivity index is 2.34. The first-order valence-electron chi connectivity index (χ1n) is 5.57. The fourth-order valence-corrected chi connectivity index (χ4v) is 1.98. The number of aliphatic hydroxyl groups excluding tert-OH is 1. The first-order valence-corrected chi connectivity index (χ1v) is 6.65. The summed E-state index contributed by atoms with van der Waals surface area (Å²) in [4.78, 5) is 11.3. The number of halogens is 1. The Morgan fingerprint density at radius 2 is 2.29 bits per heavy atom. The highest BCUT2D eigenvalue weighted by molar-refractivity contribution is 14.1. The van der Waals surface area contributed by atoms with Gasteiger partial charge in [-0.05, 0) is 48.3 Å². The lowest BCUT2D eigenvalue weighted by Gasteiger charge is -2.34. The van der Waals surface area contributed by atoms with Crippen molar-refractivity contribution in [3.63, 3.8) is 0 Å². The molecule has 96 valence electrons. The molecule has 0 aromatic rings. The van der Waals surface area contributed by atoms with E-state index in [0.29, 0.717) is 15.5 Å². The number of ether oxygens (including phenoxy) is 1. The average Bonchev–Trinajstić information content (AvgIpc) is 2.26. The predicted octanol–water partition coefficient (Wildman–Crippen LogP) is 1.21. The summed E-state index contributed by atoms with van der Waals surface area (Å²) in [5, 5.41) is 19.6. The Morgan fingerprint density at radius 1 is 1.65 bits per heavy atom. The molecule has 0 spiro atoms. The van der Waals surface area contributed by atoms with Gasteiger partial charge in [-0.3, -0.25) is 5.41 Å². The topological polar surface area (TPSA) is 82.4 Å². The molecule has 0 saturated heterocycles. The Morgan fingerprint density at radius 3 is 2.82 bits per heavy atom. The van der Waals surface area contributed by atoms with E-state index in [4.69, 9.17) is 15.3 Å². The third-order valence-corrected chi connectivity index (χ3v) is 3.51. The largest absolute Gasteiger partial charge is 0.461 e. The second kappa shape index (κ2) is 6.95. The number of carbonyl (C=O) groups excluding carboxylic acids is 1. The molecule has 0 unspecified atom stereocenters. The summed E-state index contributed by atoms with van der Waals surface area (Å²) in [6.07, 6.45) is 3.53. The number of esters is 1. The highest BCUT2D eigenvalue weighted by Gasteiger charge is 2.27. The van der Waals surface area contributed by atoms with Crippen molar-refractivity contribution in [2.24, 2.45) is 5.92 Å². The Labute approximate surface area is 114 Å². The van der Waals surface area contributed by atoms with Crippen LogP contribution in [0.25, 0.3) is 0 Å². The summed E-state index contributed by atoms with van der Waals surface area (Å²) in [5.41, 5.74) is -0.127. The van der Waals surface area contributed by atoms with Gasteiger partial charge < -0.3 is 15.2 Å². The normalized spacial score (nSPS) is 23.8.